The molecule has 0 aliphatic heterocycles. The van der Waals surface area contributed by atoms with Crippen LogP contribution in [0.3, 0.4) is 0 Å². The van der Waals surface area contributed by atoms with Gasteiger partial charge < -0.3 is 13.7 Å². The summed E-state index contributed by atoms with van der Waals surface area (Å²) in [7, 11) is 1.68. The second-order valence-electron chi connectivity index (χ2n) is 7.87. The smallest absolute Gasteiger partial charge is 0.226 e. The number of fused-ring (bicyclic) bond motifs is 1. The number of pyridine rings is 1. The van der Waals surface area contributed by atoms with Gasteiger partial charge in [-0.05, 0) is 49.7 Å². The highest BCUT2D eigenvalue weighted by molar-refractivity contribution is 7.98. The summed E-state index contributed by atoms with van der Waals surface area (Å²) in [5.74, 6) is 3.10. The predicted molar refractivity (Wildman–Crippen MR) is 131 cm³/mol. The fourth-order valence-corrected chi connectivity index (χ4v) is 4.68. The van der Waals surface area contributed by atoms with Crippen molar-refractivity contribution in [3.8, 4) is 17.2 Å². The summed E-state index contributed by atoms with van der Waals surface area (Å²) in [5, 5.41) is 0.924. The number of oxazole rings is 1. The molecule has 0 unspecified atom stereocenters. The number of methoxy groups -OCH3 is 1. The number of rotatable bonds is 7. The molecule has 6 nitrogen and oxygen atoms in total. The number of hydrogen-bond donors (Lipinski definition) is 0. The van der Waals surface area contributed by atoms with Crippen molar-refractivity contribution >= 4 is 22.8 Å². The first-order chi connectivity index (χ1) is 16.1. The van der Waals surface area contributed by atoms with E-state index in [-0.39, 0.29) is 0 Å². The number of benzene rings is 2. The summed E-state index contributed by atoms with van der Waals surface area (Å²) in [5.41, 5.74) is 6.15. The van der Waals surface area contributed by atoms with Crippen molar-refractivity contribution in [1.29, 1.82) is 0 Å². The van der Waals surface area contributed by atoms with Gasteiger partial charge in [0.15, 0.2) is 5.16 Å². The zero-order valence-corrected chi connectivity index (χ0v) is 19.6. The molecule has 0 saturated heterocycles. The third-order valence-corrected chi connectivity index (χ3v) is 6.56. The lowest BCUT2D eigenvalue weighted by atomic mass is 10.1. The molecule has 0 bridgehead atoms. The van der Waals surface area contributed by atoms with Gasteiger partial charge in [0.2, 0.25) is 5.89 Å². The molecule has 166 valence electrons. The number of thioether (sulfide) groups is 1. The van der Waals surface area contributed by atoms with Gasteiger partial charge in [-0.15, -0.1) is 0 Å². The molecule has 0 amide bonds. The standard InChI is InChI=1S/C26H24N4O2S/c1-17-5-4-6-20(13-17)25-28-23(18(2)32-25)15-30-24-14-27-12-11-22(24)29-26(30)33-16-19-7-9-21(31-3)10-8-19/h4-14H,15-16H2,1-3H3. The van der Waals surface area contributed by atoms with E-state index < -0.39 is 0 Å². The van der Waals surface area contributed by atoms with Crippen molar-refractivity contribution in [2.24, 2.45) is 0 Å². The summed E-state index contributed by atoms with van der Waals surface area (Å²) < 4.78 is 13.5. The van der Waals surface area contributed by atoms with Crippen LogP contribution in [0.5, 0.6) is 5.75 Å². The van der Waals surface area contributed by atoms with Crippen molar-refractivity contribution in [3.05, 3.63) is 89.6 Å². The maximum atomic E-state index is 6.03. The van der Waals surface area contributed by atoms with Crippen LogP contribution in [0.15, 0.2) is 76.6 Å². The molecule has 0 saturated carbocycles. The Hall–Kier alpha value is -3.58. The lowest BCUT2D eigenvalue weighted by molar-refractivity contribution is 0.414. The number of nitrogens with zero attached hydrogens (tertiary/aromatic N) is 4. The second kappa shape index (κ2) is 9.11. The Kier molecular flexibility index (Phi) is 5.88. The average Bonchev–Trinajstić information content (AvgIpc) is 3.38. The quantitative estimate of drug-likeness (QED) is 0.278. The van der Waals surface area contributed by atoms with Gasteiger partial charge in [0.05, 0.1) is 30.9 Å². The van der Waals surface area contributed by atoms with E-state index in [0.717, 1.165) is 44.7 Å². The molecule has 0 radical (unpaired) electrons. The summed E-state index contributed by atoms with van der Waals surface area (Å²) in [6.07, 6.45) is 3.63. The Labute approximate surface area is 196 Å². The van der Waals surface area contributed by atoms with E-state index in [2.05, 4.69) is 40.7 Å². The second-order valence-corrected chi connectivity index (χ2v) is 8.82. The lowest BCUT2D eigenvalue weighted by Gasteiger charge is -2.08. The van der Waals surface area contributed by atoms with Gasteiger partial charge in [0, 0.05) is 17.5 Å². The van der Waals surface area contributed by atoms with Crippen molar-refractivity contribution in [2.45, 2.75) is 31.3 Å². The lowest BCUT2D eigenvalue weighted by Crippen LogP contribution is -2.03. The van der Waals surface area contributed by atoms with Crippen LogP contribution in [-0.4, -0.2) is 26.6 Å². The van der Waals surface area contributed by atoms with Gasteiger partial charge in [-0.1, -0.05) is 41.6 Å². The van der Waals surface area contributed by atoms with Crippen LogP contribution in [-0.2, 0) is 12.3 Å². The number of imidazole rings is 1. The summed E-state index contributed by atoms with van der Waals surface area (Å²) in [4.78, 5) is 14.0. The molecule has 0 atom stereocenters. The van der Waals surface area contributed by atoms with Gasteiger partial charge in [0.1, 0.15) is 17.2 Å². The molecule has 0 aliphatic rings. The van der Waals surface area contributed by atoms with Crippen LogP contribution in [0.25, 0.3) is 22.5 Å². The molecule has 5 rings (SSSR count). The zero-order valence-electron chi connectivity index (χ0n) is 18.8. The van der Waals surface area contributed by atoms with Crippen LogP contribution in [0.1, 0.15) is 22.6 Å². The van der Waals surface area contributed by atoms with Gasteiger partial charge in [-0.25, -0.2) is 9.97 Å². The Bertz CT molecular complexity index is 1410. The summed E-state index contributed by atoms with van der Waals surface area (Å²) in [6.45, 7) is 4.59. The average molecular weight is 457 g/mol. The van der Waals surface area contributed by atoms with Gasteiger partial charge >= 0.3 is 0 Å². The summed E-state index contributed by atoms with van der Waals surface area (Å²) >= 11 is 1.69. The molecule has 5 aromatic rings. The molecular formula is C26H24N4O2S. The molecular weight excluding hydrogens is 432 g/mol. The van der Waals surface area contributed by atoms with E-state index in [1.807, 2.05) is 43.5 Å². The fraction of sp³-hybridized carbons (Fsp3) is 0.192. The van der Waals surface area contributed by atoms with Crippen molar-refractivity contribution in [1.82, 2.24) is 19.5 Å². The fourth-order valence-electron chi connectivity index (χ4n) is 3.71. The van der Waals surface area contributed by atoms with Crippen LogP contribution in [0, 0.1) is 13.8 Å². The molecule has 0 fully saturated rings. The van der Waals surface area contributed by atoms with E-state index in [9.17, 15) is 0 Å². The Morgan fingerprint density at radius 1 is 1.03 bits per heavy atom. The Morgan fingerprint density at radius 3 is 2.67 bits per heavy atom. The Balaban J connectivity index is 1.45. The predicted octanol–water partition coefficient (Wildman–Crippen LogP) is 6.05. The molecule has 33 heavy (non-hydrogen) atoms. The third-order valence-electron chi connectivity index (χ3n) is 5.51. The van der Waals surface area contributed by atoms with Gasteiger partial charge in [-0.2, -0.15) is 0 Å². The minimum atomic E-state index is 0.564. The Morgan fingerprint density at radius 2 is 1.88 bits per heavy atom. The largest absolute Gasteiger partial charge is 0.497 e. The maximum absolute atomic E-state index is 6.03. The first-order valence-electron chi connectivity index (χ1n) is 10.7. The maximum Gasteiger partial charge on any atom is 0.226 e. The van der Waals surface area contributed by atoms with E-state index in [1.54, 1.807) is 25.1 Å². The molecule has 3 aromatic heterocycles. The third kappa shape index (κ3) is 4.50. The van der Waals surface area contributed by atoms with E-state index in [0.29, 0.717) is 12.4 Å². The van der Waals surface area contributed by atoms with Crippen LogP contribution in [0.2, 0.25) is 0 Å². The highest BCUT2D eigenvalue weighted by Crippen LogP contribution is 2.29. The summed E-state index contributed by atoms with van der Waals surface area (Å²) in [6, 6.07) is 18.3. The van der Waals surface area contributed by atoms with Gasteiger partial charge in [-0.3, -0.25) is 4.98 Å². The molecule has 0 N–H and O–H groups in total. The topological polar surface area (TPSA) is 66.0 Å². The van der Waals surface area contributed by atoms with Crippen LogP contribution >= 0.6 is 11.8 Å². The normalized spacial score (nSPS) is 11.2. The molecule has 7 heteroatoms. The zero-order chi connectivity index (χ0) is 22.8. The highest BCUT2D eigenvalue weighted by Gasteiger charge is 2.17. The van der Waals surface area contributed by atoms with E-state index in [1.165, 1.54) is 11.1 Å². The number of aryl methyl sites for hydroxylation is 2. The van der Waals surface area contributed by atoms with Crippen molar-refractivity contribution in [2.75, 3.05) is 7.11 Å². The molecule has 0 spiro atoms. The SMILES string of the molecule is COc1ccc(CSc2nc3ccncc3n2Cc2nc(-c3cccc(C)c3)oc2C)cc1. The number of aromatic nitrogens is 4. The molecule has 3 heterocycles. The van der Waals surface area contributed by atoms with E-state index in [4.69, 9.17) is 19.1 Å². The van der Waals surface area contributed by atoms with Crippen molar-refractivity contribution in [3.63, 3.8) is 0 Å². The van der Waals surface area contributed by atoms with Gasteiger partial charge in [0.25, 0.3) is 0 Å². The first kappa shape index (κ1) is 21.3. The minimum absolute atomic E-state index is 0.564. The van der Waals surface area contributed by atoms with E-state index >= 15 is 0 Å². The number of ether oxygens (including phenoxy) is 1. The van der Waals surface area contributed by atoms with Crippen LogP contribution < -0.4 is 4.74 Å². The first-order valence-corrected chi connectivity index (χ1v) is 11.7. The minimum Gasteiger partial charge on any atom is -0.497 e. The van der Waals surface area contributed by atoms with Crippen molar-refractivity contribution < 1.29 is 9.15 Å². The van der Waals surface area contributed by atoms with Crippen LogP contribution in [0.4, 0.5) is 0 Å². The monoisotopic (exact) mass is 456 g/mol. The number of hydrogen-bond acceptors (Lipinski definition) is 6. The molecule has 0 aliphatic carbocycles. The molecule has 2 aromatic carbocycles. The highest BCUT2D eigenvalue weighted by atomic mass is 32.2.